The fraction of sp³-hybridized carbons (Fsp3) is 0.0625. The van der Waals surface area contributed by atoms with E-state index in [-0.39, 0.29) is 11.5 Å². The van der Waals surface area contributed by atoms with Crippen LogP contribution in [0.4, 0.5) is 0 Å². The van der Waals surface area contributed by atoms with Crippen molar-refractivity contribution < 1.29 is 14.6 Å². The number of hydrogen-bond donors (Lipinski definition) is 1. The smallest absolute Gasteiger partial charge is 0.185 e. The second-order valence-electron chi connectivity index (χ2n) is 3.99. The van der Waals surface area contributed by atoms with Gasteiger partial charge in [0.1, 0.15) is 11.5 Å². The van der Waals surface area contributed by atoms with Crippen LogP contribution in [-0.4, -0.2) is 18.0 Å². The lowest BCUT2D eigenvalue weighted by Crippen LogP contribution is -1.93. The van der Waals surface area contributed by atoms with E-state index in [1.807, 2.05) is 24.3 Å². The van der Waals surface area contributed by atoms with Gasteiger partial charge in [0.05, 0.1) is 7.11 Å². The molecule has 0 atom stereocenters. The molecule has 0 saturated carbocycles. The Bertz CT molecular complexity index is 615. The molecule has 0 amide bonds. The van der Waals surface area contributed by atoms with Crippen LogP contribution in [0.15, 0.2) is 54.6 Å². The Balaban J connectivity index is 2.21. The summed E-state index contributed by atoms with van der Waals surface area (Å²) >= 11 is 0. The number of carbonyl (C=O) groups is 1. The predicted molar refractivity (Wildman–Crippen MR) is 74.5 cm³/mol. The molecule has 96 valence electrons. The highest BCUT2D eigenvalue weighted by molar-refractivity contribution is 6.07. The van der Waals surface area contributed by atoms with Crippen molar-refractivity contribution in [3.05, 3.63) is 65.7 Å². The first kappa shape index (κ1) is 12.9. The summed E-state index contributed by atoms with van der Waals surface area (Å²) in [5.74, 6) is 0.626. The molecule has 3 heteroatoms. The number of phenolic OH excluding ortho intramolecular Hbond substituents is 1. The van der Waals surface area contributed by atoms with Crippen LogP contribution >= 0.6 is 0 Å². The molecule has 2 aromatic carbocycles. The summed E-state index contributed by atoms with van der Waals surface area (Å²) in [6.07, 6.45) is 3.16. The van der Waals surface area contributed by atoms with Crippen LogP contribution in [0.1, 0.15) is 15.9 Å². The Morgan fingerprint density at radius 2 is 1.95 bits per heavy atom. The highest BCUT2D eigenvalue weighted by Gasteiger charge is 2.03. The minimum Gasteiger partial charge on any atom is -0.508 e. The Morgan fingerprint density at radius 1 is 1.16 bits per heavy atom. The van der Waals surface area contributed by atoms with Gasteiger partial charge in [0.2, 0.25) is 0 Å². The van der Waals surface area contributed by atoms with E-state index in [2.05, 4.69) is 0 Å². The van der Waals surface area contributed by atoms with Gasteiger partial charge in [-0.05, 0) is 30.4 Å². The molecule has 19 heavy (non-hydrogen) atoms. The fourth-order valence-electron chi connectivity index (χ4n) is 1.72. The van der Waals surface area contributed by atoms with Crippen molar-refractivity contribution in [3.63, 3.8) is 0 Å². The quantitative estimate of drug-likeness (QED) is 0.672. The number of hydrogen-bond acceptors (Lipinski definition) is 3. The van der Waals surface area contributed by atoms with Gasteiger partial charge >= 0.3 is 0 Å². The van der Waals surface area contributed by atoms with Crippen molar-refractivity contribution in [2.75, 3.05) is 7.11 Å². The van der Waals surface area contributed by atoms with Gasteiger partial charge in [-0.1, -0.05) is 30.3 Å². The summed E-state index contributed by atoms with van der Waals surface area (Å²) in [5.41, 5.74) is 1.28. The number of methoxy groups -OCH3 is 1. The number of aromatic hydroxyl groups is 1. The van der Waals surface area contributed by atoms with E-state index in [1.54, 1.807) is 25.3 Å². The minimum atomic E-state index is -0.165. The maximum Gasteiger partial charge on any atom is 0.185 e. The second-order valence-corrected chi connectivity index (χ2v) is 3.99. The number of allylic oxidation sites excluding steroid dienone is 1. The summed E-state index contributed by atoms with van der Waals surface area (Å²) in [4.78, 5) is 11.9. The van der Waals surface area contributed by atoms with Crippen molar-refractivity contribution in [1.29, 1.82) is 0 Å². The lowest BCUT2D eigenvalue weighted by molar-refractivity contribution is 0.104. The molecule has 0 saturated heterocycles. The molecule has 0 aliphatic carbocycles. The molecule has 0 radical (unpaired) electrons. The number of phenols is 1. The van der Waals surface area contributed by atoms with Gasteiger partial charge in [-0.25, -0.2) is 0 Å². The third kappa shape index (κ3) is 3.22. The number of carbonyl (C=O) groups excluding carboxylic acids is 1. The molecule has 0 aliphatic rings. The SMILES string of the molecule is COc1ccccc1/C=C/C(=O)c1cccc(O)c1. The molecule has 2 rings (SSSR count). The molecule has 2 aromatic rings. The standard InChI is InChI=1S/C16H14O3/c1-19-16-8-3-2-5-12(16)9-10-15(18)13-6-4-7-14(17)11-13/h2-11,17H,1H3/b10-9+. The zero-order valence-corrected chi connectivity index (χ0v) is 10.5. The fourth-order valence-corrected chi connectivity index (χ4v) is 1.72. The van der Waals surface area contributed by atoms with Crippen LogP contribution in [0.5, 0.6) is 11.5 Å². The third-order valence-corrected chi connectivity index (χ3v) is 2.68. The van der Waals surface area contributed by atoms with Gasteiger partial charge < -0.3 is 9.84 Å². The second kappa shape index (κ2) is 5.87. The highest BCUT2D eigenvalue weighted by Crippen LogP contribution is 2.19. The zero-order chi connectivity index (χ0) is 13.7. The normalized spacial score (nSPS) is 10.6. The molecule has 0 aromatic heterocycles. The lowest BCUT2D eigenvalue weighted by Gasteiger charge is -2.03. The number of ether oxygens (including phenoxy) is 1. The Morgan fingerprint density at radius 3 is 2.68 bits per heavy atom. The third-order valence-electron chi connectivity index (χ3n) is 2.68. The van der Waals surface area contributed by atoms with Crippen molar-refractivity contribution >= 4 is 11.9 Å². The summed E-state index contributed by atoms with van der Waals surface area (Å²) in [7, 11) is 1.59. The molecule has 0 bridgehead atoms. The number of rotatable bonds is 4. The van der Waals surface area contributed by atoms with Gasteiger partial charge in [0.15, 0.2) is 5.78 Å². The summed E-state index contributed by atoms with van der Waals surface area (Å²) < 4.78 is 5.20. The van der Waals surface area contributed by atoms with Gasteiger partial charge in [-0.3, -0.25) is 4.79 Å². The van der Waals surface area contributed by atoms with Gasteiger partial charge in [0.25, 0.3) is 0 Å². The first-order chi connectivity index (χ1) is 9.20. The molecular weight excluding hydrogens is 240 g/mol. The van der Waals surface area contributed by atoms with E-state index >= 15 is 0 Å². The van der Waals surface area contributed by atoms with E-state index in [0.29, 0.717) is 11.3 Å². The highest BCUT2D eigenvalue weighted by atomic mass is 16.5. The zero-order valence-electron chi connectivity index (χ0n) is 10.5. The molecule has 0 aliphatic heterocycles. The first-order valence-corrected chi connectivity index (χ1v) is 5.85. The molecule has 0 unspecified atom stereocenters. The molecule has 0 fully saturated rings. The summed E-state index contributed by atoms with van der Waals surface area (Å²) in [5, 5.41) is 9.33. The largest absolute Gasteiger partial charge is 0.508 e. The van der Waals surface area contributed by atoms with E-state index in [0.717, 1.165) is 5.56 Å². The number of benzene rings is 2. The Hall–Kier alpha value is -2.55. The van der Waals surface area contributed by atoms with E-state index in [4.69, 9.17) is 4.74 Å². The summed E-state index contributed by atoms with van der Waals surface area (Å²) in [6, 6.07) is 13.7. The van der Waals surface area contributed by atoms with E-state index in [9.17, 15) is 9.90 Å². The van der Waals surface area contributed by atoms with Crippen molar-refractivity contribution in [3.8, 4) is 11.5 Å². The van der Waals surface area contributed by atoms with Crippen molar-refractivity contribution in [1.82, 2.24) is 0 Å². The van der Waals surface area contributed by atoms with Crippen molar-refractivity contribution in [2.45, 2.75) is 0 Å². The average molecular weight is 254 g/mol. The molecule has 0 heterocycles. The Labute approximate surface area is 111 Å². The van der Waals surface area contributed by atoms with Crippen LogP contribution in [0, 0.1) is 0 Å². The minimum absolute atomic E-state index is 0.0801. The van der Waals surface area contributed by atoms with Gasteiger partial charge in [-0.2, -0.15) is 0 Å². The monoisotopic (exact) mass is 254 g/mol. The van der Waals surface area contributed by atoms with Crippen LogP contribution in [0.25, 0.3) is 6.08 Å². The topological polar surface area (TPSA) is 46.5 Å². The van der Waals surface area contributed by atoms with E-state index in [1.165, 1.54) is 18.2 Å². The van der Waals surface area contributed by atoms with Crippen molar-refractivity contribution in [2.24, 2.45) is 0 Å². The van der Waals surface area contributed by atoms with Crippen LogP contribution in [0.3, 0.4) is 0 Å². The van der Waals surface area contributed by atoms with Crippen LogP contribution < -0.4 is 4.74 Å². The molecule has 0 spiro atoms. The van der Waals surface area contributed by atoms with Gasteiger partial charge in [0, 0.05) is 11.1 Å². The Kier molecular flexibility index (Phi) is 3.98. The van der Waals surface area contributed by atoms with Crippen LogP contribution in [-0.2, 0) is 0 Å². The predicted octanol–water partition coefficient (Wildman–Crippen LogP) is 3.30. The molecule has 3 nitrogen and oxygen atoms in total. The summed E-state index contributed by atoms with van der Waals surface area (Å²) in [6.45, 7) is 0. The van der Waals surface area contributed by atoms with E-state index < -0.39 is 0 Å². The first-order valence-electron chi connectivity index (χ1n) is 5.85. The van der Waals surface area contributed by atoms with Crippen LogP contribution in [0.2, 0.25) is 0 Å². The molecular formula is C16H14O3. The lowest BCUT2D eigenvalue weighted by atomic mass is 10.1. The number of para-hydroxylation sites is 1. The number of ketones is 1. The molecule has 1 N–H and O–H groups in total. The van der Waals surface area contributed by atoms with Gasteiger partial charge in [-0.15, -0.1) is 0 Å². The maximum absolute atomic E-state index is 11.9. The average Bonchev–Trinajstić information content (AvgIpc) is 2.45. The maximum atomic E-state index is 11.9.